The van der Waals surface area contributed by atoms with Gasteiger partial charge in [0.05, 0.1) is 30.7 Å². The van der Waals surface area contributed by atoms with E-state index in [-0.39, 0.29) is 47.0 Å². The van der Waals surface area contributed by atoms with Crippen molar-refractivity contribution in [3.8, 4) is 0 Å². The first-order valence-corrected chi connectivity index (χ1v) is 15.5. The van der Waals surface area contributed by atoms with E-state index < -0.39 is 57.4 Å². The number of nitrogen functional groups attached to an aromatic ring is 1. The fraction of sp³-hybridized carbons (Fsp3) is 0.545. The Balaban J connectivity index is 1.45. The van der Waals surface area contributed by atoms with Gasteiger partial charge in [-0.05, 0) is 19.9 Å². The lowest BCUT2D eigenvalue weighted by atomic mass is 9.90. The number of carboxylic acids is 1. The summed E-state index contributed by atoms with van der Waals surface area (Å²) in [5, 5.41) is 28.4. The summed E-state index contributed by atoms with van der Waals surface area (Å²) >= 11 is 1.00. The van der Waals surface area contributed by atoms with Gasteiger partial charge < -0.3 is 37.8 Å². The van der Waals surface area contributed by atoms with E-state index in [0.29, 0.717) is 25.2 Å². The van der Waals surface area contributed by atoms with Gasteiger partial charge >= 0.3 is 16.3 Å². The van der Waals surface area contributed by atoms with Crippen LogP contribution in [0.5, 0.6) is 0 Å². The minimum atomic E-state index is -4.95. The topological polar surface area (TPSA) is 309 Å². The molecule has 1 aliphatic heterocycles. The number of nitrogens with two attached hydrogens (primary N) is 3. The summed E-state index contributed by atoms with van der Waals surface area (Å²) in [7, 11) is -4.95. The number of hydrogen-bond acceptors (Lipinski definition) is 14. The molecule has 240 valence electrons. The highest BCUT2D eigenvalue weighted by Crippen LogP contribution is 2.40. The minimum Gasteiger partial charge on any atom is -0.478 e. The van der Waals surface area contributed by atoms with Gasteiger partial charge in [-0.3, -0.25) is 19.1 Å². The third-order valence-electron chi connectivity index (χ3n) is 6.77. The number of β-lactam (4-membered cyclic amide) rings is 1. The molecule has 20 nitrogen and oxygen atoms in total. The fourth-order valence-electron chi connectivity index (χ4n) is 4.16. The maximum Gasteiger partial charge on any atom is 0.362 e. The van der Waals surface area contributed by atoms with E-state index in [2.05, 4.69) is 36.0 Å². The van der Waals surface area contributed by atoms with Gasteiger partial charge in [0.2, 0.25) is 11.5 Å². The van der Waals surface area contributed by atoms with Gasteiger partial charge in [-0.25, -0.2) is 14.1 Å². The number of aliphatic carboxylic acids is 1. The van der Waals surface area contributed by atoms with Crippen LogP contribution in [0.25, 0.3) is 0 Å². The molecule has 1 unspecified atom stereocenters. The molecule has 2 fully saturated rings. The molecule has 2 aliphatic rings. The molecule has 0 aromatic carbocycles. The number of hydrogen-bond donors (Lipinski definition) is 7. The number of thiazole rings is 1. The third kappa shape index (κ3) is 7.38. The first kappa shape index (κ1) is 32.5. The number of oxime groups is 1. The Morgan fingerprint density at radius 2 is 2.09 bits per heavy atom. The van der Waals surface area contributed by atoms with E-state index >= 15 is 0 Å². The highest BCUT2D eigenvalue weighted by atomic mass is 32.2. The molecule has 1 aliphatic carbocycles. The van der Waals surface area contributed by atoms with Crippen LogP contribution in [-0.2, 0) is 36.1 Å². The average molecular weight is 657 g/mol. The van der Waals surface area contributed by atoms with Crippen molar-refractivity contribution < 1.29 is 37.3 Å². The standard InChI is InChI=1S/C22H32N12O8S2/c1-11(29-20(24)26-6-2-5-23)13-8-28-33(31-13)9-15-12(18(36)34(15)44(39,40)41)7-27-17(35)16(14-10-43-21(25)30-14)32-42-22(3-4-22)19(37)38/h8,10-12,15H,2-7,9,23H2,1H3,(H2,25,30)(H,27,35)(H,37,38)(H3,24,26,29)(H,39,40,41)/b32-16-/t11?,12-,15+/m0/s1. The summed E-state index contributed by atoms with van der Waals surface area (Å²) in [4.78, 5) is 51.7. The number of anilines is 1. The Bertz CT molecular complexity index is 1570. The predicted molar refractivity (Wildman–Crippen MR) is 154 cm³/mol. The molecular weight excluding hydrogens is 624 g/mol. The maximum absolute atomic E-state index is 13.1. The van der Waals surface area contributed by atoms with Crippen molar-refractivity contribution in [3.63, 3.8) is 0 Å². The van der Waals surface area contributed by atoms with Crippen LogP contribution >= 0.6 is 11.3 Å². The van der Waals surface area contributed by atoms with Crippen LogP contribution in [0.3, 0.4) is 0 Å². The molecule has 0 bridgehead atoms. The Kier molecular flexibility index (Phi) is 9.66. The van der Waals surface area contributed by atoms with Crippen LogP contribution in [0.2, 0.25) is 0 Å². The number of carbonyl (C=O) groups excluding carboxylic acids is 2. The number of rotatable bonds is 15. The normalized spacial score (nSPS) is 20.5. The van der Waals surface area contributed by atoms with Gasteiger partial charge in [-0.15, -0.1) is 11.3 Å². The number of nitrogens with one attached hydrogen (secondary N) is 2. The van der Waals surface area contributed by atoms with Crippen LogP contribution in [0.15, 0.2) is 21.7 Å². The second-order valence-electron chi connectivity index (χ2n) is 10.00. The van der Waals surface area contributed by atoms with E-state index in [0.717, 1.165) is 16.1 Å². The van der Waals surface area contributed by atoms with Crippen molar-refractivity contribution in [2.45, 2.75) is 50.4 Å². The summed E-state index contributed by atoms with van der Waals surface area (Å²) in [6, 6.07) is -1.60. The van der Waals surface area contributed by atoms with Crippen molar-refractivity contribution in [3.05, 3.63) is 23.0 Å². The number of guanidine groups is 1. The summed E-state index contributed by atoms with van der Waals surface area (Å²) in [6.45, 7) is 2.00. The zero-order chi connectivity index (χ0) is 32.2. The summed E-state index contributed by atoms with van der Waals surface area (Å²) in [5.74, 6) is -4.06. The largest absolute Gasteiger partial charge is 0.478 e. The Morgan fingerprint density at radius 1 is 1.36 bits per heavy atom. The molecule has 2 aromatic heterocycles. The van der Waals surface area contributed by atoms with E-state index in [1.807, 2.05) is 0 Å². The molecule has 0 spiro atoms. The van der Waals surface area contributed by atoms with Crippen molar-refractivity contribution in [1.82, 2.24) is 34.9 Å². The number of carboxylic acid groups (broad SMARTS) is 1. The Hall–Kier alpha value is -4.41. The summed E-state index contributed by atoms with van der Waals surface area (Å²) in [6.07, 6.45) is 2.45. The second-order valence-corrected chi connectivity index (χ2v) is 12.2. The summed E-state index contributed by atoms with van der Waals surface area (Å²) < 4.78 is 33.9. The van der Waals surface area contributed by atoms with Gasteiger partial charge in [0.15, 0.2) is 16.8 Å². The number of amides is 2. The number of carbonyl (C=O) groups is 3. The van der Waals surface area contributed by atoms with Gasteiger partial charge in [0.1, 0.15) is 11.4 Å². The highest BCUT2D eigenvalue weighted by molar-refractivity contribution is 7.84. The molecule has 2 aromatic rings. The monoisotopic (exact) mass is 656 g/mol. The Labute approximate surface area is 254 Å². The number of aliphatic imine (C=N–C) groups is 1. The molecule has 10 N–H and O–H groups in total. The predicted octanol–water partition coefficient (Wildman–Crippen LogP) is -2.58. The van der Waals surface area contributed by atoms with Gasteiger partial charge in [-0.1, -0.05) is 5.16 Å². The molecule has 1 saturated carbocycles. The van der Waals surface area contributed by atoms with E-state index in [9.17, 15) is 32.5 Å². The Morgan fingerprint density at radius 3 is 2.68 bits per heavy atom. The first-order chi connectivity index (χ1) is 20.8. The zero-order valence-corrected chi connectivity index (χ0v) is 25.0. The van der Waals surface area contributed by atoms with E-state index in [4.69, 9.17) is 22.0 Å². The van der Waals surface area contributed by atoms with Crippen LogP contribution in [-0.4, -0.2) is 103 Å². The summed E-state index contributed by atoms with van der Waals surface area (Å²) in [5.41, 5.74) is 15.5. The lowest BCUT2D eigenvalue weighted by Crippen LogP contribution is -2.66. The van der Waals surface area contributed by atoms with E-state index in [1.54, 1.807) is 6.92 Å². The minimum absolute atomic E-state index is 0.00305. The van der Waals surface area contributed by atoms with Crippen LogP contribution in [0, 0.1) is 5.92 Å². The second kappa shape index (κ2) is 13.1. The molecule has 3 atom stereocenters. The van der Waals surface area contributed by atoms with Crippen LogP contribution < -0.4 is 27.8 Å². The lowest BCUT2D eigenvalue weighted by molar-refractivity contribution is -0.153. The van der Waals surface area contributed by atoms with Gasteiger partial charge in [0, 0.05) is 31.3 Å². The quantitative estimate of drug-likeness (QED) is 0.0258. The van der Waals surface area contributed by atoms with Crippen molar-refractivity contribution >= 4 is 56.2 Å². The molecule has 44 heavy (non-hydrogen) atoms. The lowest BCUT2D eigenvalue weighted by Gasteiger charge is -2.43. The van der Waals surface area contributed by atoms with Crippen molar-refractivity contribution in [2.75, 3.05) is 25.4 Å². The van der Waals surface area contributed by atoms with Crippen molar-refractivity contribution in [1.29, 1.82) is 0 Å². The first-order valence-electron chi connectivity index (χ1n) is 13.2. The number of nitrogens with zero attached hydrogens (tertiary/aromatic N) is 7. The van der Waals surface area contributed by atoms with Gasteiger partial charge in [0.25, 0.3) is 5.91 Å². The molecule has 1 saturated heterocycles. The smallest absolute Gasteiger partial charge is 0.362 e. The fourth-order valence-corrected chi connectivity index (χ4v) is 5.62. The van der Waals surface area contributed by atoms with E-state index in [1.165, 1.54) is 11.6 Å². The molecule has 3 heterocycles. The molecule has 0 radical (unpaired) electrons. The number of aromatic nitrogens is 4. The van der Waals surface area contributed by atoms with Crippen LogP contribution in [0.1, 0.15) is 43.6 Å². The van der Waals surface area contributed by atoms with Crippen molar-refractivity contribution in [2.24, 2.45) is 27.5 Å². The average Bonchev–Trinajstić information content (AvgIpc) is 3.38. The van der Waals surface area contributed by atoms with Gasteiger partial charge in [-0.2, -0.15) is 23.4 Å². The van der Waals surface area contributed by atoms with Crippen LogP contribution in [0.4, 0.5) is 5.13 Å². The SMILES string of the molecule is CC(NC(N)=NCCCN)c1cnn(C[C@@H]2[C@H](CNC(=O)/C(=N\OC3(C(=O)O)CC3)c3csc(N)n3)C(=O)N2S(=O)(=O)O)n1. The molecule has 2 amide bonds. The molecule has 22 heteroatoms. The highest BCUT2D eigenvalue weighted by Gasteiger charge is 2.55. The molecule has 4 rings (SSSR count). The zero-order valence-electron chi connectivity index (χ0n) is 23.4. The maximum atomic E-state index is 13.1. The molecular formula is C22H32N12O8S2. The third-order valence-corrected chi connectivity index (χ3v) is 8.40.